The van der Waals surface area contributed by atoms with Crippen LogP contribution in [-0.4, -0.2) is 46.5 Å². The molecule has 1 fully saturated rings. The lowest BCUT2D eigenvalue weighted by Gasteiger charge is -2.34. The van der Waals surface area contributed by atoms with Gasteiger partial charge in [-0.15, -0.1) is 0 Å². The lowest BCUT2D eigenvalue weighted by atomic mass is 9.94. The van der Waals surface area contributed by atoms with Gasteiger partial charge in [-0.3, -0.25) is 4.79 Å². The van der Waals surface area contributed by atoms with E-state index in [1.807, 2.05) is 18.2 Å². The van der Waals surface area contributed by atoms with Gasteiger partial charge in [-0.25, -0.2) is 18.1 Å². The molecule has 1 saturated heterocycles. The van der Waals surface area contributed by atoms with E-state index in [4.69, 9.17) is 0 Å². The molecule has 1 aliphatic heterocycles. The second kappa shape index (κ2) is 9.22. The fourth-order valence-electron chi connectivity index (χ4n) is 4.13. The second-order valence-corrected chi connectivity index (χ2v) is 10.4. The first kappa shape index (κ1) is 22.2. The van der Waals surface area contributed by atoms with E-state index < -0.39 is 10.0 Å². The Morgan fingerprint density at radius 3 is 2.59 bits per heavy atom. The van der Waals surface area contributed by atoms with Crippen LogP contribution in [-0.2, 0) is 16.6 Å². The van der Waals surface area contributed by atoms with Crippen molar-refractivity contribution in [2.45, 2.75) is 31.7 Å². The van der Waals surface area contributed by atoms with Crippen molar-refractivity contribution in [3.05, 3.63) is 72.2 Å². The molecule has 0 saturated carbocycles. The first-order chi connectivity index (χ1) is 15.3. The second-order valence-electron chi connectivity index (χ2n) is 8.45. The number of pyridine rings is 1. The zero-order valence-corrected chi connectivity index (χ0v) is 19.0. The fraction of sp³-hybridized carbons (Fsp3) is 0.348. The Morgan fingerprint density at radius 2 is 1.88 bits per heavy atom. The standard InChI is InChI=1S/C23H27N5O3S/c1-17-11-18(2)16-27(15-17)32(30,31)21-6-3-5-20(13-21)23(29)25-14-19-7-9-24-22(12-19)28-10-4-8-26-28/h3-10,12-13,17-18H,11,14-16H2,1-2H3,(H,25,29). The van der Waals surface area contributed by atoms with Crippen molar-refractivity contribution in [2.24, 2.45) is 11.8 Å². The van der Waals surface area contributed by atoms with Gasteiger partial charge in [0.2, 0.25) is 10.0 Å². The molecule has 2 unspecified atom stereocenters. The van der Waals surface area contributed by atoms with Gasteiger partial charge in [-0.2, -0.15) is 9.40 Å². The van der Waals surface area contributed by atoms with E-state index in [1.54, 1.807) is 41.5 Å². The molecule has 3 heterocycles. The highest BCUT2D eigenvalue weighted by Crippen LogP contribution is 2.27. The van der Waals surface area contributed by atoms with Crippen LogP contribution in [0.2, 0.25) is 0 Å². The van der Waals surface area contributed by atoms with Gasteiger partial charge >= 0.3 is 0 Å². The van der Waals surface area contributed by atoms with E-state index >= 15 is 0 Å². The van der Waals surface area contributed by atoms with E-state index in [0.29, 0.717) is 36.3 Å². The largest absolute Gasteiger partial charge is 0.348 e. The van der Waals surface area contributed by atoms with Gasteiger partial charge in [0.05, 0.1) is 4.90 Å². The molecule has 0 bridgehead atoms. The summed E-state index contributed by atoms with van der Waals surface area (Å²) < 4.78 is 29.5. The topological polar surface area (TPSA) is 97.2 Å². The van der Waals surface area contributed by atoms with Gasteiger partial charge in [0.15, 0.2) is 5.82 Å². The number of carbonyl (C=O) groups is 1. The summed E-state index contributed by atoms with van der Waals surface area (Å²) in [6.07, 6.45) is 6.14. The molecular weight excluding hydrogens is 426 g/mol. The van der Waals surface area contributed by atoms with Gasteiger partial charge < -0.3 is 5.32 Å². The average molecular weight is 454 g/mol. The van der Waals surface area contributed by atoms with E-state index in [1.165, 1.54) is 10.4 Å². The Morgan fingerprint density at radius 1 is 1.09 bits per heavy atom. The third-order valence-electron chi connectivity index (χ3n) is 5.57. The van der Waals surface area contributed by atoms with Crippen LogP contribution in [0, 0.1) is 11.8 Å². The van der Waals surface area contributed by atoms with Gasteiger partial charge in [0.1, 0.15) is 0 Å². The highest BCUT2D eigenvalue weighted by atomic mass is 32.2. The molecule has 0 radical (unpaired) electrons. The summed E-state index contributed by atoms with van der Waals surface area (Å²) in [4.78, 5) is 17.2. The van der Waals surface area contributed by atoms with Crippen molar-refractivity contribution in [3.8, 4) is 5.82 Å². The first-order valence-corrected chi connectivity index (χ1v) is 12.1. The van der Waals surface area contributed by atoms with E-state index in [2.05, 4.69) is 29.2 Å². The number of nitrogens with one attached hydrogen (secondary N) is 1. The smallest absolute Gasteiger partial charge is 0.251 e. The maximum Gasteiger partial charge on any atom is 0.251 e. The number of piperidine rings is 1. The number of carbonyl (C=O) groups excluding carboxylic acids is 1. The maximum absolute atomic E-state index is 13.2. The summed E-state index contributed by atoms with van der Waals surface area (Å²) in [7, 11) is -3.65. The Bertz CT molecular complexity index is 1180. The molecular formula is C23H27N5O3S. The van der Waals surface area contributed by atoms with Crippen LogP contribution >= 0.6 is 0 Å². The van der Waals surface area contributed by atoms with Crippen molar-refractivity contribution in [2.75, 3.05) is 13.1 Å². The molecule has 4 rings (SSSR count). The molecule has 9 heteroatoms. The molecule has 1 N–H and O–H groups in total. The number of amides is 1. The zero-order valence-electron chi connectivity index (χ0n) is 18.2. The molecule has 0 spiro atoms. The van der Waals surface area contributed by atoms with E-state index in [-0.39, 0.29) is 17.3 Å². The van der Waals surface area contributed by atoms with Crippen LogP contribution in [0.3, 0.4) is 0 Å². The molecule has 1 aromatic carbocycles. The summed E-state index contributed by atoms with van der Waals surface area (Å²) in [5.41, 5.74) is 1.17. The van der Waals surface area contributed by atoms with Crippen molar-refractivity contribution < 1.29 is 13.2 Å². The number of rotatable bonds is 6. The van der Waals surface area contributed by atoms with Gasteiger partial charge in [-0.05, 0) is 60.2 Å². The average Bonchev–Trinajstić information content (AvgIpc) is 3.32. The van der Waals surface area contributed by atoms with Crippen molar-refractivity contribution in [3.63, 3.8) is 0 Å². The Balaban J connectivity index is 1.46. The van der Waals surface area contributed by atoms with Crippen LogP contribution in [0.1, 0.15) is 36.2 Å². The third kappa shape index (κ3) is 4.89. The Labute approximate surface area is 188 Å². The predicted molar refractivity (Wildman–Crippen MR) is 121 cm³/mol. The normalized spacial score (nSPS) is 19.6. The number of hydrogen-bond donors (Lipinski definition) is 1. The quantitative estimate of drug-likeness (QED) is 0.619. The highest BCUT2D eigenvalue weighted by molar-refractivity contribution is 7.89. The Hall–Kier alpha value is -3.04. The highest BCUT2D eigenvalue weighted by Gasteiger charge is 2.31. The van der Waals surface area contributed by atoms with Crippen LogP contribution < -0.4 is 5.32 Å². The molecule has 2 atom stereocenters. The van der Waals surface area contributed by atoms with Crippen molar-refractivity contribution in [1.29, 1.82) is 0 Å². The minimum Gasteiger partial charge on any atom is -0.348 e. The summed E-state index contributed by atoms with van der Waals surface area (Å²) in [6, 6.07) is 11.7. The van der Waals surface area contributed by atoms with Crippen LogP contribution in [0.15, 0.2) is 66.0 Å². The fourth-order valence-corrected chi connectivity index (χ4v) is 5.86. The lowest BCUT2D eigenvalue weighted by molar-refractivity contribution is 0.0950. The summed E-state index contributed by atoms with van der Waals surface area (Å²) in [5.74, 6) is 0.943. The Kier molecular flexibility index (Phi) is 6.38. The van der Waals surface area contributed by atoms with Gasteiger partial charge in [-0.1, -0.05) is 19.9 Å². The molecule has 1 amide bonds. The number of aromatic nitrogens is 3. The van der Waals surface area contributed by atoms with E-state index in [9.17, 15) is 13.2 Å². The third-order valence-corrected chi connectivity index (χ3v) is 7.40. The maximum atomic E-state index is 13.2. The lowest BCUT2D eigenvalue weighted by Crippen LogP contribution is -2.42. The summed E-state index contributed by atoms with van der Waals surface area (Å²) in [6.45, 7) is 5.43. The number of nitrogens with zero attached hydrogens (tertiary/aromatic N) is 4. The monoisotopic (exact) mass is 453 g/mol. The minimum absolute atomic E-state index is 0.149. The summed E-state index contributed by atoms with van der Waals surface area (Å²) >= 11 is 0. The van der Waals surface area contributed by atoms with Crippen LogP contribution in [0.25, 0.3) is 5.82 Å². The van der Waals surface area contributed by atoms with Gasteiger partial charge in [0, 0.05) is 43.8 Å². The zero-order chi connectivity index (χ0) is 22.7. The molecule has 3 aromatic rings. The molecule has 32 heavy (non-hydrogen) atoms. The molecule has 0 aliphatic carbocycles. The first-order valence-electron chi connectivity index (χ1n) is 10.7. The molecule has 2 aromatic heterocycles. The van der Waals surface area contributed by atoms with E-state index in [0.717, 1.165) is 12.0 Å². The number of sulfonamides is 1. The van der Waals surface area contributed by atoms with Crippen molar-refractivity contribution >= 4 is 15.9 Å². The number of benzene rings is 1. The molecule has 8 nitrogen and oxygen atoms in total. The minimum atomic E-state index is -3.65. The summed E-state index contributed by atoms with van der Waals surface area (Å²) in [5, 5.41) is 7.01. The molecule has 1 aliphatic rings. The predicted octanol–water partition coefficient (Wildman–Crippen LogP) is 2.86. The van der Waals surface area contributed by atoms with Crippen molar-refractivity contribution in [1.82, 2.24) is 24.4 Å². The van der Waals surface area contributed by atoms with Gasteiger partial charge in [0.25, 0.3) is 5.91 Å². The van der Waals surface area contributed by atoms with Crippen LogP contribution in [0.4, 0.5) is 0 Å². The number of hydrogen-bond acceptors (Lipinski definition) is 5. The molecule has 168 valence electrons. The SMILES string of the molecule is CC1CC(C)CN(S(=O)(=O)c2cccc(C(=O)NCc3ccnc(-n4cccn4)c3)c2)C1. The van der Waals surface area contributed by atoms with Crippen LogP contribution in [0.5, 0.6) is 0 Å².